The van der Waals surface area contributed by atoms with E-state index in [4.69, 9.17) is 12.2 Å². The number of nitrogens with two attached hydrogens (primary N) is 1. The van der Waals surface area contributed by atoms with Gasteiger partial charge < -0.3 is 11.1 Å². The number of rotatable bonds is 2. The summed E-state index contributed by atoms with van der Waals surface area (Å²) in [6.07, 6.45) is 5.31. The smallest absolute Gasteiger partial charge is 0.255 e. The van der Waals surface area contributed by atoms with Gasteiger partial charge in [0.1, 0.15) is 0 Å². The predicted molar refractivity (Wildman–Crippen MR) is 80.9 cm³/mol. The molecule has 1 amide bonds. The van der Waals surface area contributed by atoms with E-state index >= 15 is 0 Å². The van der Waals surface area contributed by atoms with Crippen LogP contribution in [0.3, 0.4) is 0 Å². The van der Waals surface area contributed by atoms with Crippen molar-refractivity contribution < 1.29 is 4.79 Å². The molecule has 0 spiro atoms. The van der Waals surface area contributed by atoms with E-state index in [0.717, 1.165) is 5.56 Å². The number of carbonyl (C=O) groups excluding carboxylic acids is 1. The van der Waals surface area contributed by atoms with Gasteiger partial charge >= 0.3 is 0 Å². The van der Waals surface area contributed by atoms with Gasteiger partial charge in [-0.15, -0.1) is 6.42 Å². The molecule has 0 fully saturated rings. The Hall–Kier alpha value is -2.25. The first-order valence-electron chi connectivity index (χ1n) is 5.53. The largest absolute Gasteiger partial charge is 0.398 e. The second-order valence-electron chi connectivity index (χ2n) is 3.92. The minimum Gasteiger partial charge on any atom is -0.398 e. The molecule has 0 unspecified atom stereocenters. The SMILES string of the molecule is C#Cc1cccc(NC(=O)c2ccc(N)c(Br)c2)c1. The fraction of sp³-hybridized carbons (Fsp3) is 0. The zero-order valence-electron chi connectivity index (χ0n) is 9.98. The maximum Gasteiger partial charge on any atom is 0.255 e. The van der Waals surface area contributed by atoms with Gasteiger partial charge in [0.15, 0.2) is 0 Å². The lowest BCUT2D eigenvalue weighted by Gasteiger charge is -2.07. The molecule has 3 nitrogen and oxygen atoms in total. The van der Waals surface area contributed by atoms with Crippen LogP contribution in [-0.2, 0) is 0 Å². The Morgan fingerprint density at radius 1 is 1.26 bits per heavy atom. The van der Waals surface area contributed by atoms with E-state index in [0.29, 0.717) is 21.4 Å². The molecule has 94 valence electrons. The molecule has 0 aliphatic carbocycles. The average Bonchev–Trinajstić information content (AvgIpc) is 2.42. The summed E-state index contributed by atoms with van der Waals surface area (Å²) >= 11 is 3.29. The molecule has 0 atom stereocenters. The van der Waals surface area contributed by atoms with E-state index in [1.54, 1.807) is 42.5 Å². The first kappa shape index (κ1) is 13.2. The quantitative estimate of drug-likeness (QED) is 0.660. The summed E-state index contributed by atoms with van der Waals surface area (Å²) in [5.41, 5.74) is 8.17. The van der Waals surface area contributed by atoms with Crippen molar-refractivity contribution in [2.45, 2.75) is 0 Å². The summed E-state index contributed by atoms with van der Waals surface area (Å²) in [5, 5.41) is 2.78. The zero-order valence-corrected chi connectivity index (χ0v) is 11.6. The van der Waals surface area contributed by atoms with Crippen LogP contribution in [0.5, 0.6) is 0 Å². The molecule has 0 bridgehead atoms. The molecular weight excluding hydrogens is 304 g/mol. The Morgan fingerprint density at radius 2 is 2.05 bits per heavy atom. The molecule has 4 heteroatoms. The summed E-state index contributed by atoms with van der Waals surface area (Å²) in [6.45, 7) is 0. The second-order valence-corrected chi connectivity index (χ2v) is 4.77. The van der Waals surface area contributed by atoms with Crippen molar-refractivity contribution in [3.63, 3.8) is 0 Å². The highest BCUT2D eigenvalue weighted by Crippen LogP contribution is 2.21. The molecule has 0 saturated heterocycles. The Bertz CT molecular complexity index is 674. The fourth-order valence-corrected chi connectivity index (χ4v) is 1.94. The Kier molecular flexibility index (Phi) is 3.88. The van der Waals surface area contributed by atoms with Gasteiger partial charge in [0.25, 0.3) is 5.91 Å². The lowest BCUT2D eigenvalue weighted by Crippen LogP contribution is -2.12. The van der Waals surface area contributed by atoms with E-state index in [1.165, 1.54) is 0 Å². The minimum absolute atomic E-state index is 0.213. The number of benzene rings is 2. The van der Waals surface area contributed by atoms with Crippen molar-refractivity contribution in [2.24, 2.45) is 0 Å². The average molecular weight is 315 g/mol. The van der Waals surface area contributed by atoms with Gasteiger partial charge in [-0.3, -0.25) is 4.79 Å². The highest BCUT2D eigenvalue weighted by atomic mass is 79.9. The van der Waals surface area contributed by atoms with Gasteiger partial charge in [-0.05, 0) is 52.3 Å². The third-order valence-corrected chi connectivity index (χ3v) is 3.24. The third-order valence-electron chi connectivity index (χ3n) is 2.55. The second kappa shape index (κ2) is 5.59. The summed E-state index contributed by atoms with van der Waals surface area (Å²) < 4.78 is 0.692. The van der Waals surface area contributed by atoms with Crippen LogP contribution < -0.4 is 11.1 Å². The van der Waals surface area contributed by atoms with E-state index in [2.05, 4.69) is 27.2 Å². The lowest BCUT2D eigenvalue weighted by molar-refractivity contribution is 0.102. The molecule has 3 N–H and O–H groups in total. The van der Waals surface area contributed by atoms with Crippen molar-refractivity contribution in [3.8, 4) is 12.3 Å². The lowest BCUT2D eigenvalue weighted by atomic mass is 10.1. The fourth-order valence-electron chi connectivity index (χ4n) is 1.56. The molecule has 0 radical (unpaired) electrons. The molecule has 19 heavy (non-hydrogen) atoms. The van der Waals surface area contributed by atoms with Gasteiger partial charge in [-0.2, -0.15) is 0 Å². The number of hydrogen-bond donors (Lipinski definition) is 2. The van der Waals surface area contributed by atoms with Crippen LogP contribution in [0.2, 0.25) is 0 Å². The van der Waals surface area contributed by atoms with Gasteiger partial charge in [-0.25, -0.2) is 0 Å². The van der Waals surface area contributed by atoms with Crippen LogP contribution in [-0.4, -0.2) is 5.91 Å². The van der Waals surface area contributed by atoms with Gasteiger partial charge in [-0.1, -0.05) is 12.0 Å². The molecule has 0 aliphatic heterocycles. The number of terminal acetylenes is 1. The first-order chi connectivity index (χ1) is 9.10. The number of nitrogen functional groups attached to an aromatic ring is 1. The van der Waals surface area contributed by atoms with Crippen molar-refractivity contribution >= 4 is 33.2 Å². The first-order valence-corrected chi connectivity index (χ1v) is 6.32. The molecule has 0 saturated carbocycles. The highest BCUT2D eigenvalue weighted by Gasteiger charge is 2.08. The predicted octanol–water partition coefficient (Wildman–Crippen LogP) is 3.26. The van der Waals surface area contributed by atoms with Crippen molar-refractivity contribution in [2.75, 3.05) is 11.1 Å². The van der Waals surface area contributed by atoms with E-state index < -0.39 is 0 Å². The van der Waals surface area contributed by atoms with Crippen molar-refractivity contribution in [3.05, 3.63) is 58.1 Å². The Balaban J connectivity index is 2.21. The van der Waals surface area contributed by atoms with Gasteiger partial charge in [0.05, 0.1) is 0 Å². The highest BCUT2D eigenvalue weighted by molar-refractivity contribution is 9.10. The molecule has 0 aromatic heterocycles. The van der Waals surface area contributed by atoms with Crippen LogP contribution >= 0.6 is 15.9 Å². The standard InChI is InChI=1S/C15H11BrN2O/c1-2-10-4-3-5-12(8-10)18-15(19)11-6-7-14(17)13(16)9-11/h1,3-9H,17H2,(H,18,19). The van der Waals surface area contributed by atoms with E-state index in [1.807, 2.05) is 0 Å². The minimum atomic E-state index is -0.213. The topological polar surface area (TPSA) is 55.1 Å². The monoisotopic (exact) mass is 314 g/mol. The number of halogens is 1. The molecule has 2 aromatic carbocycles. The van der Waals surface area contributed by atoms with Crippen LogP contribution in [0.15, 0.2) is 46.9 Å². The summed E-state index contributed by atoms with van der Waals surface area (Å²) in [4.78, 5) is 12.1. The van der Waals surface area contributed by atoms with E-state index in [9.17, 15) is 4.79 Å². The van der Waals surface area contributed by atoms with Crippen LogP contribution in [0, 0.1) is 12.3 Å². The molecule has 0 aliphatic rings. The summed E-state index contributed by atoms with van der Waals surface area (Å²) in [5.74, 6) is 2.31. The normalized spacial score (nSPS) is 9.68. The van der Waals surface area contributed by atoms with Crippen LogP contribution in [0.1, 0.15) is 15.9 Å². The van der Waals surface area contributed by atoms with Gasteiger partial charge in [0.2, 0.25) is 0 Å². The van der Waals surface area contributed by atoms with Crippen molar-refractivity contribution in [1.29, 1.82) is 0 Å². The van der Waals surface area contributed by atoms with Crippen LogP contribution in [0.4, 0.5) is 11.4 Å². The van der Waals surface area contributed by atoms with Crippen molar-refractivity contribution in [1.82, 2.24) is 0 Å². The zero-order chi connectivity index (χ0) is 13.8. The van der Waals surface area contributed by atoms with Gasteiger partial charge in [0, 0.05) is 27.0 Å². The van der Waals surface area contributed by atoms with E-state index in [-0.39, 0.29) is 5.91 Å². The summed E-state index contributed by atoms with van der Waals surface area (Å²) in [6, 6.07) is 12.1. The maximum atomic E-state index is 12.1. The number of hydrogen-bond acceptors (Lipinski definition) is 2. The molecule has 0 heterocycles. The number of anilines is 2. The number of carbonyl (C=O) groups is 1. The Labute approximate surface area is 120 Å². The summed E-state index contributed by atoms with van der Waals surface area (Å²) in [7, 11) is 0. The molecule has 2 rings (SSSR count). The molecular formula is C15H11BrN2O. The number of amides is 1. The van der Waals surface area contributed by atoms with Crippen LogP contribution in [0.25, 0.3) is 0 Å². The maximum absolute atomic E-state index is 12.1. The third kappa shape index (κ3) is 3.15. The molecule has 2 aromatic rings. The Morgan fingerprint density at radius 3 is 2.74 bits per heavy atom. The number of nitrogens with one attached hydrogen (secondary N) is 1.